The Hall–Kier alpha value is -3.71. The van der Waals surface area contributed by atoms with Crippen LogP contribution in [0.3, 0.4) is 0 Å². The monoisotopic (exact) mass is 487 g/mol. The molecular formula is C28H29N3O3S. The van der Waals surface area contributed by atoms with Gasteiger partial charge in [-0.3, -0.25) is 9.59 Å². The lowest BCUT2D eigenvalue weighted by atomic mass is 10.1. The van der Waals surface area contributed by atoms with E-state index >= 15 is 0 Å². The molecule has 0 saturated heterocycles. The molecule has 3 aromatic carbocycles. The highest BCUT2D eigenvalue weighted by Gasteiger charge is 2.27. The zero-order valence-corrected chi connectivity index (χ0v) is 21.0. The van der Waals surface area contributed by atoms with E-state index in [-0.39, 0.29) is 11.8 Å². The van der Waals surface area contributed by atoms with Gasteiger partial charge in [0.15, 0.2) is 0 Å². The molecule has 0 aromatic heterocycles. The topological polar surface area (TPSA) is 61.9 Å². The molecule has 7 heteroatoms. The van der Waals surface area contributed by atoms with Crippen molar-refractivity contribution in [2.45, 2.75) is 11.8 Å². The average molecular weight is 488 g/mol. The third-order valence-electron chi connectivity index (χ3n) is 5.91. The number of nitrogens with zero attached hydrogens (tertiary/aromatic N) is 2. The highest BCUT2D eigenvalue weighted by atomic mass is 32.2. The quantitative estimate of drug-likeness (QED) is 0.450. The van der Waals surface area contributed by atoms with Gasteiger partial charge in [-0.25, -0.2) is 0 Å². The fourth-order valence-corrected chi connectivity index (χ4v) is 5.06. The van der Waals surface area contributed by atoms with Crippen LogP contribution in [0.15, 0.2) is 82.6 Å². The summed E-state index contributed by atoms with van der Waals surface area (Å²) in [6.45, 7) is 4.18. The number of para-hydroxylation sites is 2. The first-order chi connectivity index (χ1) is 17.0. The van der Waals surface area contributed by atoms with E-state index in [1.54, 1.807) is 31.2 Å². The number of likely N-dealkylation sites (N-methyl/N-ethyl adjacent to an activating group) is 2. The normalized spacial score (nSPS) is 14.0. The summed E-state index contributed by atoms with van der Waals surface area (Å²) in [4.78, 5) is 31.2. The number of ether oxygens (including phenoxy) is 1. The number of benzene rings is 3. The molecule has 1 aliphatic rings. The Morgan fingerprint density at radius 3 is 2.57 bits per heavy atom. The smallest absolute Gasteiger partial charge is 0.264 e. The Balaban J connectivity index is 1.45. The lowest BCUT2D eigenvalue weighted by Gasteiger charge is -2.27. The van der Waals surface area contributed by atoms with Crippen LogP contribution in [0.2, 0.25) is 0 Å². The van der Waals surface area contributed by atoms with Crippen LogP contribution in [0.4, 0.5) is 11.4 Å². The Morgan fingerprint density at radius 1 is 1.09 bits per heavy atom. The number of fused-ring (bicyclic) bond motifs is 1. The van der Waals surface area contributed by atoms with Crippen molar-refractivity contribution >= 4 is 41.0 Å². The van der Waals surface area contributed by atoms with Gasteiger partial charge >= 0.3 is 0 Å². The minimum atomic E-state index is -0.155. The maximum absolute atomic E-state index is 13.1. The predicted octanol–water partition coefficient (Wildman–Crippen LogP) is 5.06. The molecule has 1 aliphatic heterocycles. The number of hydrogen-bond donors (Lipinski definition) is 1. The number of rotatable bonds is 8. The van der Waals surface area contributed by atoms with Crippen molar-refractivity contribution in [3.63, 3.8) is 0 Å². The van der Waals surface area contributed by atoms with E-state index in [1.165, 1.54) is 11.8 Å². The number of hydrogen-bond acceptors (Lipinski definition) is 5. The van der Waals surface area contributed by atoms with E-state index in [2.05, 4.69) is 29.3 Å². The van der Waals surface area contributed by atoms with Crippen LogP contribution in [-0.2, 0) is 4.79 Å². The molecule has 1 heterocycles. The SMILES string of the molecule is CCN(CCNC(=O)c1ccc2c(c1)N(C)C(=O)C(=Cc1ccccc1OC)S2)c1ccccc1. The van der Waals surface area contributed by atoms with Gasteiger partial charge in [0.25, 0.3) is 11.8 Å². The third kappa shape index (κ3) is 5.52. The summed E-state index contributed by atoms with van der Waals surface area (Å²) in [5, 5.41) is 3.00. The minimum Gasteiger partial charge on any atom is -0.496 e. The number of carbonyl (C=O) groups is 2. The van der Waals surface area contributed by atoms with Crippen molar-refractivity contribution in [3.05, 3.63) is 88.8 Å². The van der Waals surface area contributed by atoms with Gasteiger partial charge in [-0.1, -0.05) is 48.2 Å². The first-order valence-corrected chi connectivity index (χ1v) is 12.4. The van der Waals surface area contributed by atoms with Crippen molar-refractivity contribution in [2.24, 2.45) is 0 Å². The van der Waals surface area contributed by atoms with Gasteiger partial charge in [0.1, 0.15) is 5.75 Å². The summed E-state index contributed by atoms with van der Waals surface area (Å²) in [7, 11) is 3.35. The van der Waals surface area contributed by atoms with E-state index in [0.717, 1.165) is 28.4 Å². The van der Waals surface area contributed by atoms with Gasteiger partial charge in [0.05, 0.1) is 17.7 Å². The number of amides is 2. The van der Waals surface area contributed by atoms with Crippen molar-refractivity contribution in [1.82, 2.24) is 5.32 Å². The molecule has 0 atom stereocenters. The fourth-order valence-electron chi connectivity index (χ4n) is 3.98. The van der Waals surface area contributed by atoms with Crippen molar-refractivity contribution in [2.75, 3.05) is 43.6 Å². The molecule has 2 amide bonds. The van der Waals surface area contributed by atoms with Gasteiger partial charge in [0, 0.05) is 48.4 Å². The number of anilines is 2. The van der Waals surface area contributed by atoms with E-state index in [9.17, 15) is 9.59 Å². The van der Waals surface area contributed by atoms with Crippen LogP contribution in [0.25, 0.3) is 6.08 Å². The van der Waals surface area contributed by atoms with E-state index < -0.39 is 0 Å². The minimum absolute atomic E-state index is 0.118. The molecular weight excluding hydrogens is 458 g/mol. The van der Waals surface area contributed by atoms with Crippen LogP contribution in [0, 0.1) is 0 Å². The standard InChI is InChI=1S/C28H29N3O3S/c1-4-31(22-11-6-5-7-12-22)17-16-29-27(32)21-14-15-25-23(18-21)30(2)28(33)26(35-25)19-20-10-8-9-13-24(20)34-3/h5-15,18-19H,4,16-17H2,1-3H3,(H,29,32). The third-order valence-corrected chi connectivity index (χ3v) is 6.99. The number of carbonyl (C=O) groups excluding carboxylic acids is 2. The first kappa shape index (κ1) is 24.4. The summed E-state index contributed by atoms with van der Waals surface area (Å²) in [6, 6.07) is 23.2. The van der Waals surface area contributed by atoms with Gasteiger partial charge in [0.2, 0.25) is 0 Å². The lowest BCUT2D eigenvalue weighted by molar-refractivity contribution is -0.114. The highest BCUT2D eigenvalue weighted by Crippen LogP contribution is 2.42. The van der Waals surface area contributed by atoms with Gasteiger partial charge in [-0.05, 0) is 49.4 Å². The summed E-state index contributed by atoms with van der Waals surface area (Å²) >= 11 is 1.40. The first-order valence-electron chi connectivity index (χ1n) is 11.5. The summed E-state index contributed by atoms with van der Waals surface area (Å²) in [5.74, 6) is 0.438. The Bertz CT molecular complexity index is 1240. The molecule has 0 saturated carbocycles. The number of methoxy groups -OCH3 is 1. The highest BCUT2D eigenvalue weighted by molar-refractivity contribution is 8.04. The molecule has 4 rings (SSSR count). The molecule has 0 radical (unpaired) electrons. The van der Waals surface area contributed by atoms with E-state index in [1.807, 2.05) is 54.6 Å². The largest absolute Gasteiger partial charge is 0.496 e. The molecule has 0 bridgehead atoms. The maximum atomic E-state index is 13.1. The van der Waals surface area contributed by atoms with Crippen LogP contribution in [-0.4, -0.2) is 45.6 Å². The predicted molar refractivity (Wildman–Crippen MR) is 143 cm³/mol. The Morgan fingerprint density at radius 2 is 1.83 bits per heavy atom. The number of thioether (sulfide) groups is 1. The summed E-state index contributed by atoms with van der Waals surface area (Å²) in [6.07, 6.45) is 1.85. The van der Waals surface area contributed by atoms with E-state index in [4.69, 9.17) is 4.74 Å². The molecule has 0 unspecified atom stereocenters. The second kappa shape index (κ2) is 11.1. The van der Waals surface area contributed by atoms with E-state index in [0.29, 0.717) is 29.3 Å². The molecule has 6 nitrogen and oxygen atoms in total. The lowest BCUT2D eigenvalue weighted by Crippen LogP contribution is -2.35. The molecule has 0 fully saturated rings. The second-order valence-electron chi connectivity index (χ2n) is 8.07. The van der Waals surface area contributed by atoms with Crippen molar-refractivity contribution in [3.8, 4) is 5.75 Å². The number of nitrogens with one attached hydrogen (secondary N) is 1. The second-order valence-corrected chi connectivity index (χ2v) is 9.15. The molecule has 3 aromatic rings. The van der Waals surface area contributed by atoms with Gasteiger partial charge in [-0.2, -0.15) is 0 Å². The Kier molecular flexibility index (Phi) is 7.77. The summed E-state index contributed by atoms with van der Waals surface area (Å²) in [5.41, 5.74) is 3.23. The Labute approximate surface area is 210 Å². The zero-order chi connectivity index (χ0) is 24.8. The zero-order valence-electron chi connectivity index (χ0n) is 20.2. The molecule has 180 valence electrons. The van der Waals surface area contributed by atoms with Gasteiger partial charge < -0.3 is 19.9 Å². The van der Waals surface area contributed by atoms with Gasteiger partial charge in [-0.15, -0.1) is 0 Å². The summed E-state index contributed by atoms with van der Waals surface area (Å²) < 4.78 is 5.41. The van der Waals surface area contributed by atoms with Crippen LogP contribution in [0.1, 0.15) is 22.8 Å². The molecule has 0 spiro atoms. The van der Waals surface area contributed by atoms with Crippen molar-refractivity contribution < 1.29 is 14.3 Å². The molecule has 35 heavy (non-hydrogen) atoms. The van der Waals surface area contributed by atoms with Crippen LogP contribution >= 0.6 is 11.8 Å². The molecule has 0 aliphatic carbocycles. The van der Waals surface area contributed by atoms with Crippen LogP contribution < -0.4 is 19.9 Å². The average Bonchev–Trinajstić information content (AvgIpc) is 2.90. The molecule has 1 N–H and O–H groups in total. The van der Waals surface area contributed by atoms with Crippen LogP contribution in [0.5, 0.6) is 5.75 Å². The maximum Gasteiger partial charge on any atom is 0.264 e. The van der Waals surface area contributed by atoms with Crippen molar-refractivity contribution in [1.29, 1.82) is 0 Å². The fraction of sp³-hybridized carbons (Fsp3) is 0.214.